The van der Waals surface area contributed by atoms with Gasteiger partial charge in [-0.05, 0) is 81.9 Å². The van der Waals surface area contributed by atoms with Gasteiger partial charge >= 0.3 is 12.1 Å². The molecule has 3 aliphatic rings. The molecule has 1 amide bonds. The zero-order valence-corrected chi connectivity index (χ0v) is 33.2. The molecule has 300 valence electrons. The van der Waals surface area contributed by atoms with Crippen molar-refractivity contribution >= 4 is 17.8 Å². The van der Waals surface area contributed by atoms with Crippen LogP contribution in [0.2, 0.25) is 0 Å². The first-order valence-electron chi connectivity index (χ1n) is 19.3. The third kappa shape index (κ3) is 13.1. The van der Waals surface area contributed by atoms with E-state index in [0.29, 0.717) is 37.7 Å². The van der Waals surface area contributed by atoms with Crippen LogP contribution in [0.25, 0.3) is 0 Å². The Balaban J connectivity index is 1.94. The van der Waals surface area contributed by atoms with Crippen LogP contribution >= 0.6 is 0 Å². The minimum absolute atomic E-state index is 0.000108. The summed E-state index contributed by atoms with van der Waals surface area (Å²) in [4.78, 5) is 37.4. The molecule has 5 N–H and O–H groups in total. The summed E-state index contributed by atoms with van der Waals surface area (Å²) in [6.07, 6.45) is 5.49. The van der Waals surface area contributed by atoms with E-state index in [1.165, 1.54) is 0 Å². The molecule has 53 heavy (non-hydrogen) atoms. The van der Waals surface area contributed by atoms with Crippen LogP contribution in [0, 0.1) is 23.7 Å². The van der Waals surface area contributed by atoms with Crippen LogP contribution in [-0.4, -0.2) is 88.0 Å². The third-order valence-corrected chi connectivity index (χ3v) is 10.8. The Labute approximate surface area is 315 Å². The van der Waals surface area contributed by atoms with Crippen LogP contribution in [0.15, 0.2) is 47.1 Å². The zero-order chi connectivity index (χ0) is 39.6. The summed E-state index contributed by atoms with van der Waals surface area (Å²) in [5.41, 5.74) is 7.78. The number of ketones is 1. The van der Waals surface area contributed by atoms with E-state index in [-0.39, 0.29) is 42.8 Å². The minimum Gasteiger partial charge on any atom is -0.462 e. The summed E-state index contributed by atoms with van der Waals surface area (Å²) < 4.78 is 29.8. The van der Waals surface area contributed by atoms with Crippen molar-refractivity contribution in [1.29, 1.82) is 0 Å². The molecule has 13 unspecified atom stereocenters. The van der Waals surface area contributed by atoms with Crippen LogP contribution in [-0.2, 0) is 33.3 Å². The Kier molecular flexibility index (Phi) is 16.9. The van der Waals surface area contributed by atoms with Gasteiger partial charge in [0.15, 0.2) is 17.9 Å². The molecule has 3 heterocycles. The topological polar surface area (TPSA) is 184 Å². The number of allylic oxidation sites excluding steroid dienone is 3. The summed E-state index contributed by atoms with van der Waals surface area (Å²) in [6, 6.07) is 0. The summed E-state index contributed by atoms with van der Waals surface area (Å²) in [5.74, 6) is -3.42. The minimum atomic E-state index is -1.76. The number of fused-ring (bicyclic) bond motifs is 2. The first-order valence-corrected chi connectivity index (χ1v) is 19.3. The number of ether oxygens (including phenoxy) is 5. The molecule has 0 saturated carbocycles. The molecule has 1 fully saturated rings. The van der Waals surface area contributed by atoms with Gasteiger partial charge in [0.1, 0.15) is 24.4 Å². The van der Waals surface area contributed by atoms with Crippen molar-refractivity contribution in [3.63, 3.8) is 0 Å². The zero-order valence-electron chi connectivity index (χ0n) is 33.2. The van der Waals surface area contributed by atoms with E-state index in [4.69, 9.17) is 29.4 Å². The second-order valence-corrected chi connectivity index (χ2v) is 15.7. The lowest BCUT2D eigenvalue weighted by Gasteiger charge is -2.38. The van der Waals surface area contributed by atoms with Crippen molar-refractivity contribution in [3.8, 4) is 0 Å². The lowest BCUT2D eigenvalue weighted by molar-refractivity contribution is -0.254. The smallest absolute Gasteiger partial charge is 0.404 e. The summed E-state index contributed by atoms with van der Waals surface area (Å²) in [5, 5.41) is 33.8. The quantitative estimate of drug-likeness (QED) is 0.124. The number of aliphatic hydroxyl groups excluding tert-OH is 2. The number of carbonyl (C=O) groups is 3. The number of Topliss-reactive ketones (excluding diaryl/α,β-unsaturated/α-hetero) is 1. The Bertz CT molecular complexity index is 1370. The number of primary amides is 1. The van der Waals surface area contributed by atoms with E-state index < -0.39 is 72.8 Å². The molecule has 2 bridgehead atoms. The van der Waals surface area contributed by atoms with Crippen LogP contribution in [0.1, 0.15) is 114 Å². The van der Waals surface area contributed by atoms with Gasteiger partial charge in [0, 0.05) is 31.1 Å². The molecule has 0 aromatic rings. The largest absolute Gasteiger partial charge is 0.462 e. The standard InChI is InChI=1S/C41H65NO11/c1-10-32(43)27(6)19-23(2)20-28(7)39-29(8)36(45)24(3)15-16-31(50-35-21-33(51-40(42)47)37(46)30(9)49-35)14-12-11-13-25(4)38-26(5)17-18-41(48,53-38)22-34(44)52-39/h13,15-17,19,23-24,28-31,33,35-39,45-46,48H,10-12,14,18,20-22H2,1-9H3,(H2,42,47)/b16-15+,25-13+,27-19+. The Morgan fingerprint density at radius 3 is 2.43 bits per heavy atom. The molecule has 12 nitrogen and oxygen atoms in total. The van der Waals surface area contributed by atoms with Gasteiger partial charge in [0.05, 0.1) is 24.7 Å². The molecule has 3 rings (SSSR count). The maximum atomic E-state index is 13.6. The number of esters is 1. The van der Waals surface area contributed by atoms with Crippen LogP contribution in [0.4, 0.5) is 4.79 Å². The van der Waals surface area contributed by atoms with Gasteiger partial charge < -0.3 is 44.7 Å². The normalized spacial score (nSPS) is 38.1. The number of aliphatic hydroxyl groups is 3. The molecule has 0 aliphatic carbocycles. The number of rotatable bonds is 9. The Hall–Kier alpha value is -2.87. The van der Waals surface area contributed by atoms with Crippen molar-refractivity contribution in [2.45, 2.75) is 168 Å². The summed E-state index contributed by atoms with van der Waals surface area (Å²) in [7, 11) is 0. The monoisotopic (exact) mass is 747 g/mol. The van der Waals surface area contributed by atoms with E-state index >= 15 is 0 Å². The third-order valence-electron chi connectivity index (χ3n) is 10.8. The highest BCUT2D eigenvalue weighted by Gasteiger charge is 2.41. The number of nitrogens with two attached hydrogens (primary N) is 1. The van der Waals surface area contributed by atoms with Crippen LogP contribution in [0.5, 0.6) is 0 Å². The van der Waals surface area contributed by atoms with E-state index in [1.807, 2.05) is 79.7 Å². The first-order chi connectivity index (χ1) is 24.8. The highest BCUT2D eigenvalue weighted by atomic mass is 16.7. The second-order valence-electron chi connectivity index (χ2n) is 15.7. The van der Waals surface area contributed by atoms with Gasteiger partial charge in [-0.15, -0.1) is 0 Å². The second kappa shape index (κ2) is 20.2. The maximum Gasteiger partial charge on any atom is 0.404 e. The molecule has 1 saturated heterocycles. The number of carbonyl (C=O) groups excluding carboxylic acids is 3. The fourth-order valence-electron chi connectivity index (χ4n) is 7.71. The van der Waals surface area contributed by atoms with E-state index in [2.05, 4.69) is 6.08 Å². The molecule has 13 atom stereocenters. The first kappa shape index (κ1) is 44.5. The van der Waals surface area contributed by atoms with E-state index in [1.54, 1.807) is 6.92 Å². The van der Waals surface area contributed by atoms with Crippen molar-refractivity contribution in [1.82, 2.24) is 0 Å². The van der Waals surface area contributed by atoms with Gasteiger partial charge in [-0.3, -0.25) is 9.59 Å². The predicted octanol–water partition coefficient (Wildman–Crippen LogP) is 5.96. The highest BCUT2D eigenvalue weighted by molar-refractivity contribution is 5.94. The average Bonchev–Trinajstić information content (AvgIpc) is 3.08. The van der Waals surface area contributed by atoms with E-state index in [9.17, 15) is 29.7 Å². The van der Waals surface area contributed by atoms with Gasteiger partial charge in [-0.2, -0.15) is 0 Å². The SMILES string of the molecule is CCC(=O)/C(C)=C/C(C)CC(C)C1OC(=O)CC2(O)CC=C(C)C(O2)/C(C)=C/CCCC(OC2CC(OC(N)=O)C(O)C(C)O2)/C=C/C(C)C(O)C1C. The van der Waals surface area contributed by atoms with Crippen LogP contribution < -0.4 is 5.73 Å². The van der Waals surface area contributed by atoms with Crippen molar-refractivity contribution in [2.75, 3.05) is 0 Å². The highest BCUT2D eigenvalue weighted by Crippen LogP contribution is 2.35. The van der Waals surface area contributed by atoms with Gasteiger partial charge in [-0.1, -0.05) is 65.0 Å². The van der Waals surface area contributed by atoms with Crippen LogP contribution in [0.3, 0.4) is 0 Å². The Morgan fingerprint density at radius 2 is 1.77 bits per heavy atom. The lowest BCUT2D eigenvalue weighted by Crippen LogP contribution is -2.50. The molecule has 0 spiro atoms. The van der Waals surface area contributed by atoms with Crippen molar-refractivity contribution in [2.24, 2.45) is 29.4 Å². The van der Waals surface area contributed by atoms with E-state index in [0.717, 1.165) is 11.1 Å². The molecular formula is C41H65NO11. The molecule has 12 heteroatoms. The fraction of sp³-hybridized carbons (Fsp3) is 0.732. The summed E-state index contributed by atoms with van der Waals surface area (Å²) >= 11 is 0. The molecule has 0 aromatic carbocycles. The summed E-state index contributed by atoms with van der Waals surface area (Å²) in [6.45, 7) is 16.9. The molecule has 0 radical (unpaired) electrons. The number of hydrogen-bond acceptors (Lipinski definition) is 11. The Morgan fingerprint density at radius 1 is 1.09 bits per heavy atom. The van der Waals surface area contributed by atoms with Crippen molar-refractivity contribution in [3.05, 3.63) is 47.1 Å². The van der Waals surface area contributed by atoms with Gasteiger partial charge in [-0.25, -0.2) is 4.79 Å². The number of cyclic esters (lactones) is 1. The predicted molar refractivity (Wildman–Crippen MR) is 200 cm³/mol. The fourth-order valence-corrected chi connectivity index (χ4v) is 7.71. The average molecular weight is 748 g/mol. The van der Waals surface area contributed by atoms with Gasteiger partial charge in [0.25, 0.3) is 0 Å². The lowest BCUT2D eigenvalue weighted by atomic mass is 9.80. The maximum absolute atomic E-state index is 13.6. The number of amides is 1. The van der Waals surface area contributed by atoms with Crippen molar-refractivity contribution < 1.29 is 53.4 Å². The molecule has 3 aliphatic heterocycles. The van der Waals surface area contributed by atoms with Gasteiger partial charge in [0.2, 0.25) is 0 Å². The molecular weight excluding hydrogens is 682 g/mol. The molecule has 0 aromatic heterocycles. The number of hydrogen-bond donors (Lipinski definition) is 4.